The number of nitrogen functional groups attached to an aromatic ring is 2. The lowest BCUT2D eigenvalue weighted by Gasteiger charge is -2.14. The minimum Gasteiger partial charge on any atom is -0.383 e. The van der Waals surface area contributed by atoms with Gasteiger partial charge in [0, 0.05) is 17.6 Å². The van der Waals surface area contributed by atoms with Crippen LogP contribution in [-0.4, -0.2) is 19.5 Å². The fraction of sp³-hybridized carbons (Fsp3) is 0.400. The topological polar surface area (TPSA) is 95.6 Å². The number of hydrogen-bond acceptors (Lipinski definition) is 5. The third-order valence-corrected chi connectivity index (χ3v) is 7.25. The van der Waals surface area contributed by atoms with Gasteiger partial charge in [-0.1, -0.05) is 12.1 Å². The molecule has 4 N–H and O–H groups in total. The minimum atomic E-state index is 0.496. The molecule has 2 aliphatic rings. The molecule has 6 rings (SSSR count). The van der Waals surface area contributed by atoms with Gasteiger partial charge in [0.2, 0.25) is 0 Å². The Morgan fingerprint density at radius 2 is 1.87 bits per heavy atom. The number of aromatic nitrogens is 4. The molecular weight excluding hydrogens is 384 g/mol. The number of aryl methyl sites for hydroxylation is 1. The maximum Gasteiger partial charge on any atom is 0.145 e. The van der Waals surface area contributed by atoms with Crippen LogP contribution in [0.5, 0.6) is 0 Å². The molecule has 0 bridgehead atoms. The number of benzene rings is 1. The Morgan fingerprint density at radius 1 is 0.968 bits per heavy atom. The molecule has 2 aliphatic carbocycles. The molecule has 2 saturated carbocycles. The average Bonchev–Trinajstić information content (AvgIpc) is 3.34. The summed E-state index contributed by atoms with van der Waals surface area (Å²) in [5.74, 6) is 2.64. The number of rotatable bonds is 5. The van der Waals surface area contributed by atoms with Gasteiger partial charge in [-0.2, -0.15) is 0 Å². The van der Waals surface area contributed by atoms with Crippen LogP contribution in [0, 0.1) is 5.92 Å². The van der Waals surface area contributed by atoms with Crippen LogP contribution < -0.4 is 11.5 Å². The Hall–Kier alpha value is -3.15. The summed E-state index contributed by atoms with van der Waals surface area (Å²) in [5, 5.41) is 2.17. The molecule has 0 radical (unpaired) electrons. The molecular formula is C25H28N6. The second-order valence-electron chi connectivity index (χ2n) is 9.35. The van der Waals surface area contributed by atoms with Crippen molar-refractivity contribution in [2.75, 3.05) is 11.5 Å². The first-order valence-corrected chi connectivity index (χ1v) is 11.4. The minimum absolute atomic E-state index is 0.496. The van der Waals surface area contributed by atoms with E-state index in [9.17, 15) is 0 Å². The number of anilines is 2. The summed E-state index contributed by atoms with van der Waals surface area (Å²) in [6.45, 7) is 0. The van der Waals surface area contributed by atoms with Crippen LogP contribution in [0.25, 0.3) is 21.9 Å². The normalized spacial score (nSPS) is 21.3. The molecule has 3 aromatic heterocycles. The molecule has 0 saturated heterocycles. The van der Waals surface area contributed by atoms with Crippen molar-refractivity contribution in [1.29, 1.82) is 0 Å². The van der Waals surface area contributed by atoms with Crippen molar-refractivity contribution in [2.24, 2.45) is 5.92 Å². The number of nitrogens with two attached hydrogens (primary N) is 2. The quantitative estimate of drug-likeness (QED) is 0.481. The summed E-state index contributed by atoms with van der Waals surface area (Å²) < 4.78 is 2.30. The largest absolute Gasteiger partial charge is 0.383 e. The van der Waals surface area contributed by atoms with Gasteiger partial charge in [-0.3, -0.25) is 0 Å². The molecule has 3 heterocycles. The molecule has 0 spiro atoms. The van der Waals surface area contributed by atoms with Crippen molar-refractivity contribution in [3.63, 3.8) is 0 Å². The van der Waals surface area contributed by atoms with Gasteiger partial charge in [-0.15, -0.1) is 0 Å². The Labute approximate surface area is 181 Å². The smallest absolute Gasteiger partial charge is 0.145 e. The third kappa shape index (κ3) is 3.40. The van der Waals surface area contributed by atoms with E-state index in [1.165, 1.54) is 55.0 Å². The summed E-state index contributed by atoms with van der Waals surface area (Å²) >= 11 is 0. The second-order valence-corrected chi connectivity index (χ2v) is 9.35. The molecule has 0 aliphatic heterocycles. The van der Waals surface area contributed by atoms with Crippen LogP contribution in [0.4, 0.5) is 11.6 Å². The van der Waals surface area contributed by atoms with Gasteiger partial charge in [0.1, 0.15) is 23.6 Å². The van der Waals surface area contributed by atoms with Gasteiger partial charge in [-0.05, 0) is 86.1 Å². The van der Waals surface area contributed by atoms with E-state index in [0.29, 0.717) is 23.6 Å². The van der Waals surface area contributed by atoms with E-state index in [1.54, 1.807) is 6.33 Å². The lowest BCUT2D eigenvalue weighted by atomic mass is 9.97. The van der Waals surface area contributed by atoms with E-state index in [1.807, 2.05) is 6.07 Å². The lowest BCUT2D eigenvalue weighted by molar-refractivity contribution is 0.461. The second kappa shape index (κ2) is 7.22. The van der Waals surface area contributed by atoms with E-state index in [2.05, 4.69) is 45.0 Å². The molecule has 2 unspecified atom stereocenters. The first-order valence-electron chi connectivity index (χ1n) is 11.4. The fourth-order valence-electron chi connectivity index (χ4n) is 5.34. The SMILES string of the molecule is Nc1nc2cc(CCC3CCC(n4ccc5c(N)ncnc54)C3)ccc2cc1C1CC1. The monoisotopic (exact) mass is 412 g/mol. The first-order chi connectivity index (χ1) is 15.2. The van der Waals surface area contributed by atoms with Gasteiger partial charge in [0.25, 0.3) is 0 Å². The van der Waals surface area contributed by atoms with Crippen molar-refractivity contribution < 1.29 is 0 Å². The maximum atomic E-state index is 6.23. The van der Waals surface area contributed by atoms with Crippen molar-refractivity contribution >= 4 is 33.6 Å². The number of nitrogens with zero attached hydrogens (tertiary/aromatic N) is 4. The molecule has 6 nitrogen and oxygen atoms in total. The van der Waals surface area contributed by atoms with E-state index in [0.717, 1.165) is 28.9 Å². The average molecular weight is 413 g/mol. The van der Waals surface area contributed by atoms with Gasteiger partial charge in [0.05, 0.1) is 10.9 Å². The highest BCUT2D eigenvalue weighted by Gasteiger charge is 2.28. The van der Waals surface area contributed by atoms with E-state index < -0.39 is 0 Å². The predicted octanol–water partition coefficient (Wildman–Crippen LogP) is 5.00. The van der Waals surface area contributed by atoms with Crippen molar-refractivity contribution in [3.8, 4) is 0 Å². The molecule has 6 heteroatoms. The van der Waals surface area contributed by atoms with Gasteiger partial charge < -0.3 is 16.0 Å². The molecule has 2 atom stereocenters. The van der Waals surface area contributed by atoms with Crippen LogP contribution in [0.2, 0.25) is 0 Å². The number of pyridine rings is 1. The third-order valence-electron chi connectivity index (χ3n) is 7.25. The highest BCUT2D eigenvalue weighted by Crippen LogP contribution is 2.43. The Bertz CT molecular complexity index is 1270. The summed E-state index contributed by atoms with van der Waals surface area (Å²) in [6, 6.07) is 11.5. The summed E-state index contributed by atoms with van der Waals surface area (Å²) in [7, 11) is 0. The van der Waals surface area contributed by atoms with Crippen molar-refractivity contribution in [3.05, 3.63) is 54.0 Å². The van der Waals surface area contributed by atoms with Crippen molar-refractivity contribution in [1.82, 2.24) is 19.5 Å². The fourth-order valence-corrected chi connectivity index (χ4v) is 5.34. The lowest BCUT2D eigenvalue weighted by Crippen LogP contribution is -2.06. The van der Waals surface area contributed by atoms with Gasteiger partial charge in [-0.25, -0.2) is 15.0 Å². The van der Waals surface area contributed by atoms with Crippen LogP contribution in [0.1, 0.15) is 61.6 Å². The van der Waals surface area contributed by atoms with E-state index in [-0.39, 0.29) is 0 Å². The highest BCUT2D eigenvalue weighted by molar-refractivity contribution is 5.86. The zero-order chi connectivity index (χ0) is 20.9. The van der Waals surface area contributed by atoms with Crippen LogP contribution in [0.3, 0.4) is 0 Å². The van der Waals surface area contributed by atoms with Crippen LogP contribution >= 0.6 is 0 Å². The molecule has 31 heavy (non-hydrogen) atoms. The molecule has 4 aromatic rings. The predicted molar refractivity (Wildman–Crippen MR) is 125 cm³/mol. The summed E-state index contributed by atoms with van der Waals surface area (Å²) in [6.07, 6.45) is 12.1. The zero-order valence-electron chi connectivity index (χ0n) is 17.7. The Kier molecular flexibility index (Phi) is 4.33. The van der Waals surface area contributed by atoms with E-state index >= 15 is 0 Å². The Balaban J connectivity index is 1.14. The van der Waals surface area contributed by atoms with Gasteiger partial charge in [0.15, 0.2) is 0 Å². The van der Waals surface area contributed by atoms with Crippen LogP contribution in [0.15, 0.2) is 42.9 Å². The van der Waals surface area contributed by atoms with Gasteiger partial charge >= 0.3 is 0 Å². The first kappa shape index (κ1) is 18.6. The molecule has 158 valence electrons. The highest BCUT2D eigenvalue weighted by atomic mass is 15.1. The molecule has 1 aromatic carbocycles. The molecule has 0 amide bonds. The summed E-state index contributed by atoms with van der Waals surface area (Å²) in [5.41, 5.74) is 16.8. The Morgan fingerprint density at radius 3 is 2.74 bits per heavy atom. The van der Waals surface area contributed by atoms with Crippen molar-refractivity contribution in [2.45, 2.75) is 56.9 Å². The summed E-state index contributed by atoms with van der Waals surface area (Å²) in [4.78, 5) is 13.3. The number of fused-ring (bicyclic) bond motifs is 2. The molecule has 2 fully saturated rings. The van der Waals surface area contributed by atoms with E-state index in [4.69, 9.17) is 16.5 Å². The maximum absolute atomic E-state index is 6.23. The van der Waals surface area contributed by atoms with Crippen LogP contribution in [-0.2, 0) is 6.42 Å². The standard InChI is InChI=1S/C25H28N6/c26-23-20-9-10-31(25(20)29-14-28-23)19-8-4-15(11-19)1-2-16-3-5-18-13-21(17-6-7-17)24(27)30-22(18)12-16/h3,5,9-10,12-15,17,19H,1-2,4,6-8,11H2,(H2,27,30)(H2,26,28,29). The number of hydrogen-bond donors (Lipinski definition) is 2. The zero-order valence-corrected chi connectivity index (χ0v) is 17.7.